The summed E-state index contributed by atoms with van der Waals surface area (Å²) in [5.74, 6) is -1.44. The van der Waals surface area contributed by atoms with E-state index in [9.17, 15) is 9.59 Å². The lowest BCUT2D eigenvalue weighted by molar-refractivity contribution is -0.150. The molecule has 0 atom stereocenters. The van der Waals surface area contributed by atoms with Gasteiger partial charge in [-0.3, -0.25) is 10.2 Å². The van der Waals surface area contributed by atoms with E-state index in [-0.39, 0.29) is 12.1 Å². The van der Waals surface area contributed by atoms with Gasteiger partial charge in [0.2, 0.25) is 0 Å². The zero-order valence-electron chi connectivity index (χ0n) is 3.93. The van der Waals surface area contributed by atoms with Crippen molar-refractivity contribution in [2.45, 2.75) is 6.42 Å². The molecule has 0 bridgehead atoms. The van der Waals surface area contributed by atoms with Gasteiger partial charge < -0.3 is 4.74 Å². The van der Waals surface area contributed by atoms with Crippen LogP contribution in [0.4, 0.5) is 0 Å². The number of hydrogen-bond acceptors (Lipinski definition) is 4. The molecule has 4 nitrogen and oxygen atoms in total. The molecular weight excluding hydrogens is 110 g/mol. The van der Waals surface area contributed by atoms with Crippen LogP contribution in [0.3, 0.4) is 0 Å². The molecule has 0 spiro atoms. The van der Waals surface area contributed by atoms with E-state index < -0.39 is 11.9 Å². The van der Waals surface area contributed by atoms with Crippen LogP contribution in [-0.4, -0.2) is 17.7 Å². The van der Waals surface area contributed by atoms with Gasteiger partial charge in [-0.2, -0.15) is 0 Å². The van der Waals surface area contributed by atoms with Gasteiger partial charge in [-0.15, -0.1) is 0 Å². The number of cyclic esters (lactones) is 2. The molecule has 1 fully saturated rings. The second-order valence-electron chi connectivity index (χ2n) is 1.42. The Morgan fingerprint density at radius 1 is 1.50 bits per heavy atom. The van der Waals surface area contributed by atoms with Gasteiger partial charge in [-0.25, -0.2) is 4.79 Å². The monoisotopic (exact) mass is 113 g/mol. The molecule has 8 heavy (non-hydrogen) atoms. The lowest BCUT2D eigenvalue weighted by Gasteiger charge is -1.79. The molecule has 0 radical (unpaired) electrons. The summed E-state index contributed by atoms with van der Waals surface area (Å²) < 4.78 is 3.97. The van der Waals surface area contributed by atoms with Crippen molar-refractivity contribution in [3.63, 3.8) is 0 Å². The lowest BCUT2D eigenvalue weighted by Crippen LogP contribution is -2.02. The fourth-order valence-electron chi connectivity index (χ4n) is 0.418. The summed E-state index contributed by atoms with van der Waals surface area (Å²) in [6, 6.07) is 0. The van der Waals surface area contributed by atoms with Crippen LogP contribution in [-0.2, 0) is 14.3 Å². The first-order valence-corrected chi connectivity index (χ1v) is 2.02. The molecule has 0 aromatic rings. The van der Waals surface area contributed by atoms with E-state index in [0.29, 0.717) is 0 Å². The molecule has 1 heterocycles. The summed E-state index contributed by atoms with van der Waals surface area (Å²) in [7, 11) is 0. The standard InChI is InChI=1S/C4H3NO3/c5-2-1-3(6)8-4(2)7/h5H,1H2. The Kier molecular flexibility index (Phi) is 0.865. The predicted molar refractivity (Wildman–Crippen MR) is 23.4 cm³/mol. The molecule has 1 aliphatic heterocycles. The Morgan fingerprint density at radius 2 is 2.12 bits per heavy atom. The van der Waals surface area contributed by atoms with Crippen molar-refractivity contribution in [2.24, 2.45) is 0 Å². The van der Waals surface area contributed by atoms with E-state index >= 15 is 0 Å². The average Bonchev–Trinajstić information content (AvgIpc) is 1.85. The van der Waals surface area contributed by atoms with Crippen LogP contribution in [0.25, 0.3) is 0 Å². The SMILES string of the molecule is N=C1CC(=O)OC1=O. The number of esters is 2. The minimum Gasteiger partial charge on any atom is -0.388 e. The van der Waals surface area contributed by atoms with Crippen molar-refractivity contribution >= 4 is 17.7 Å². The molecule has 0 amide bonds. The third kappa shape index (κ3) is 0.598. The van der Waals surface area contributed by atoms with Crippen LogP contribution in [0.1, 0.15) is 6.42 Å². The van der Waals surface area contributed by atoms with Crippen molar-refractivity contribution in [3.8, 4) is 0 Å². The molecular formula is C4H3NO3. The van der Waals surface area contributed by atoms with E-state index in [1.165, 1.54) is 0 Å². The Hall–Kier alpha value is -1.19. The zero-order valence-corrected chi connectivity index (χ0v) is 3.93. The molecule has 0 aromatic heterocycles. The minimum atomic E-state index is -0.810. The average molecular weight is 113 g/mol. The van der Waals surface area contributed by atoms with E-state index in [2.05, 4.69) is 4.74 Å². The largest absolute Gasteiger partial charge is 0.388 e. The van der Waals surface area contributed by atoms with Crippen LogP contribution in [0.5, 0.6) is 0 Å². The Bertz CT molecular complexity index is 154. The molecule has 1 saturated heterocycles. The number of carbonyl (C=O) groups is 2. The van der Waals surface area contributed by atoms with Gasteiger partial charge in [0.1, 0.15) is 5.71 Å². The van der Waals surface area contributed by atoms with Gasteiger partial charge in [-0.1, -0.05) is 0 Å². The van der Waals surface area contributed by atoms with Crippen LogP contribution in [0, 0.1) is 5.41 Å². The van der Waals surface area contributed by atoms with Gasteiger partial charge in [-0.05, 0) is 0 Å². The first-order chi connectivity index (χ1) is 3.70. The molecule has 0 saturated carbocycles. The highest BCUT2D eigenvalue weighted by Crippen LogP contribution is 2.00. The lowest BCUT2D eigenvalue weighted by atomic mass is 10.3. The van der Waals surface area contributed by atoms with Crippen molar-refractivity contribution in [3.05, 3.63) is 0 Å². The molecule has 0 aromatic carbocycles. The first kappa shape index (κ1) is 4.96. The summed E-state index contributed by atoms with van der Waals surface area (Å²) in [5, 5.41) is 6.69. The summed E-state index contributed by atoms with van der Waals surface area (Å²) in [6.07, 6.45) is -0.168. The Labute approximate surface area is 45.0 Å². The second kappa shape index (κ2) is 1.40. The third-order valence-corrected chi connectivity index (χ3v) is 0.774. The van der Waals surface area contributed by atoms with Crippen LogP contribution in [0.2, 0.25) is 0 Å². The summed E-state index contributed by atoms with van der Waals surface area (Å²) in [6.45, 7) is 0. The highest BCUT2D eigenvalue weighted by atomic mass is 16.6. The molecule has 0 aliphatic carbocycles. The van der Waals surface area contributed by atoms with Gasteiger partial charge in [0.15, 0.2) is 0 Å². The van der Waals surface area contributed by atoms with E-state index in [0.717, 1.165) is 0 Å². The maximum Gasteiger partial charge on any atom is 0.360 e. The van der Waals surface area contributed by atoms with Crippen LogP contribution < -0.4 is 0 Å². The fraction of sp³-hybridized carbons (Fsp3) is 0.250. The van der Waals surface area contributed by atoms with Crippen molar-refractivity contribution < 1.29 is 14.3 Å². The van der Waals surface area contributed by atoms with Crippen molar-refractivity contribution in [2.75, 3.05) is 0 Å². The fourth-order valence-corrected chi connectivity index (χ4v) is 0.418. The van der Waals surface area contributed by atoms with E-state index in [4.69, 9.17) is 5.41 Å². The van der Waals surface area contributed by atoms with Gasteiger partial charge in [0.05, 0.1) is 6.42 Å². The zero-order chi connectivity index (χ0) is 6.15. The minimum absolute atomic E-state index is 0.168. The maximum absolute atomic E-state index is 10.1. The molecule has 42 valence electrons. The number of carbonyl (C=O) groups excluding carboxylic acids is 2. The molecule has 1 N–H and O–H groups in total. The quantitative estimate of drug-likeness (QED) is 0.339. The van der Waals surface area contributed by atoms with Crippen molar-refractivity contribution in [1.29, 1.82) is 5.41 Å². The normalized spacial score (nSPS) is 19.2. The van der Waals surface area contributed by atoms with Gasteiger partial charge in [0.25, 0.3) is 0 Å². The van der Waals surface area contributed by atoms with Crippen LogP contribution in [0.15, 0.2) is 0 Å². The predicted octanol–water partition coefficient (Wildman–Crippen LogP) is -0.520. The van der Waals surface area contributed by atoms with E-state index in [1.54, 1.807) is 0 Å². The molecule has 1 rings (SSSR count). The summed E-state index contributed by atoms with van der Waals surface area (Å²) >= 11 is 0. The smallest absolute Gasteiger partial charge is 0.360 e. The van der Waals surface area contributed by atoms with Crippen molar-refractivity contribution in [1.82, 2.24) is 0 Å². The highest BCUT2D eigenvalue weighted by Gasteiger charge is 2.26. The Morgan fingerprint density at radius 3 is 2.25 bits per heavy atom. The van der Waals surface area contributed by atoms with Crippen LogP contribution >= 0.6 is 0 Å². The molecule has 4 heteroatoms. The third-order valence-electron chi connectivity index (χ3n) is 0.774. The van der Waals surface area contributed by atoms with E-state index in [1.807, 2.05) is 0 Å². The first-order valence-electron chi connectivity index (χ1n) is 2.02. The highest BCUT2D eigenvalue weighted by molar-refractivity contribution is 6.43. The molecule has 1 aliphatic rings. The number of nitrogens with one attached hydrogen (secondary N) is 1. The summed E-state index contributed by atoms with van der Waals surface area (Å²) in [4.78, 5) is 20.2. The number of ether oxygens (including phenoxy) is 1. The second-order valence-corrected chi connectivity index (χ2v) is 1.42. The number of hydrogen-bond donors (Lipinski definition) is 1. The Balaban J connectivity index is 2.79. The molecule has 0 unspecified atom stereocenters. The van der Waals surface area contributed by atoms with Gasteiger partial charge in [0, 0.05) is 0 Å². The summed E-state index contributed by atoms with van der Waals surface area (Å²) in [5.41, 5.74) is -0.255. The topological polar surface area (TPSA) is 67.2 Å². The number of rotatable bonds is 0. The van der Waals surface area contributed by atoms with Gasteiger partial charge >= 0.3 is 11.9 Å². The maximum atomic E-state index is 10.1.